The van der Waals surface area contributed by atoms with Gasteiger partial charge in [-0.3, -0.25) is 9.38 Å². The lowest BCUT2D eigenvalue weighted by molar-refractivity contribution is 0.174. The molecule has 0 saturated heterocycles. The van der Waals surface area contributed by atoms with E-state index < -0.39 is 6.10 Å². The Morgan fingerprint density at radius 1 is 1.36 bits per heavy atom. The molecule has 0 aliphatic carbocycles. The monoisotopic (exact) mass is 298 g/mol. The van der Waals surface area contributed by atoms with Crippen molar-refractivity contribution >= 4 is 5.65 Å². The molecule has 0 aliphatic heterocycles. The number of methoxy groups -OCH3 is 1. The largest absolute Gasteiger partial charge is 0.497 e. The van der Waals surface area contributed by atoms with Crippen LogP contribution >= 0.6 is 0 Å². The van der Waals surface area contributed by atoms with Gasteiger partial charge in [0.1, 0.15) is 5.75 Å². The SMILES string of the molecule is COc1cccc(C(O)CNCc2cnc3cnccn23)c1. The molecule has 2 N–H and O–H groups in total. The molecule has 0 radical (unpaired) electrons. The average molecular weight is 298 g/mol. The van der Waals surface area contributed by atoms with Crippen LogP contribution in [0.5, 0.6) is 5.75 Å². The van der Waals surface area contributed by atoms with Crippen LogP contribution in [0.2, 0.25) is 0 Å². The van der Waals surface area contributed by atoms with E-state index in [9.17, 15) is 5.11 Å². The summed E-state index contributed by atoms with van der Waals surface area (Å²) in [6.07, 6.45) is 6.54. The fourth-order valence-electron chi connectivity index (χ4n) is 2.33. The lowest BCUT2D eigenvalue weighted by Gasteiger charge is -2.13. The summed E-state index contributed by atoms with van der Waals surface area (Å²) in [5, 5.41) is 13.5. The van der Waals surface area contributed by atoms with Crippen molar-refractivity contribution in [1.82, 2.24) is 19.7 Å². The van der Waals surface area contributed by atoms with E-state index in [0.29, 0.717) is 13.1 Å². The standard InChI is InChI=1S/C16H18N4O2/c1-22-14-4-2-3-12(7-14)15(21)10-18-8-13-9-19-16-11-17-5-6-20(13)16/h2-7,9,11,15,18,21H,8,10H2,1H3. The lowest BCUT2D eigenvalue weighted by atomic mass is 10.1. The molecule has 0 fully saturated rings. The number of aromatic nitrogens is 3. The first kappa shape index (κ1) is 14.5. The van der Waals surface area contributed by atoms with Gasteiger partial charge in [-0.15, -0.1) is 0 Å². The molecule has 0 amide bonds. The van der Waals surface area contributed by atoms with Crippen LogP contribution in [0, 0.1) is 0 Å². The highest BCUT2D eigenvalue weighted by atomic mass is 16.5. The maximum Gasteiger partial charge on any atom is 0.155 e. The summed E-state index contributed by atoms with van der Waals surface area (Å²) < 4.78 is 7.14. The van der Waals surface area contributed by atoms with Gasteiger partial charge < -0.3 is 15.2 Å². The minimum Gasteiger partial charge on any atom is -0.497 e. The second kappa shape index (κ2) is 6.55. The summed E-state index contributed by atoms with van der Waals surface area (Å²) in [5.74, 6) is 0.742. The van der Waals surface area contributed by atoms with Gasteiger partial charge >= 0.3 is 0 Å². The van der Waals surface area contributed by atoms with Crippen molar-refractivity contribution in [3.05, 3.63) is 60.3 Å². The van der Waals surface area contributed by atoms with E-state index in [4.69, 9.17) is 4.74 Å². The van der Waals surface area contributed by atoms with Crippen molar-refractivity contribution in [3.8, 4) is 5.75 Å². The van der Waals surface area contributed by atoms with E-state index in [1.54, 1.807) is 19.5 Å². The Balaban J connectivity index is 1.60. The number of benzene rings is 1. The Morgan fingerprint density at radius 2 is 2.27 bits per heavy atom. The first-order chi connectivity index (χ1) is 10.8. The molecule has 0 spiro atoms. The third-order valence-corrected chi connectivity index (χ3v) is 3.52. The van der Waals surface area contributed by atoms with E-state index in [2.05, 4.69) is 15.3 Å². The van der Waals surface area contributed by atoms with Crippen molar-refractivity contribution in [2.24, 2.45) is 0 Å². The topological polar surface area (TPSA) is 71.7 Å². The van der Waals surface area contributed by atoms with Gasteiger partial charge in [-0.25, -0.2) is 4.98 Å². The highest BCUT2D eigenvalue weighted by Gasteiger charge is 2.09. The number of aliphatic hydroxyl groups excluding tert-OH is 1. The number of rotatable bonds is 6. The Bertz CT molecular complexity index is 756. The molecule has 1 unspecified atom stereocenters. The summed E-state index contributed by atoms with van der Waals surface area (Å²) in [6, 6.07) is 7.45. The fraction of sp³-hybridized carbons (Fsp3) is 0.250. The number of hydrogen-bond acceptors (Lipinski definition) is 5. The summed E-state index contributed by atoms with van der Waals surface area (Å²) in [5.41, 5.74) is 2.66. The maximum absolute atomic E-state index is 10.2. The molecule has 1 atom stereocenters. The first-order valence-corrected chi connectivity index (χ1v) is 7.06. The van der Waals surface area contributed by atoms with Crippen LogP contribution in [0.15, 0.2) is 49.1 Å². The van der Waals surface area contributed by atoms with Crippen LogP contribution in [0.25, 0.3) is 5.65 Å². The van der Waals surface area contributed by atoms with E-state index in [0.717, 1.165) is 22.7 Å². The van der Waals surface area contributed by atoms with Crippen molar-refractivity contribution in [3.63, 3.8) is 0 Å². The molecule has 6 heteroatoms. The predicted molar refractivity (Wildman–Crippen MR) is 82.6 cm³/mol. The number of fused-ring (bicyclic) bond motifs is 1. The summed E-state index contributed by atoms with van der Waals surface area (Å²) in [6.45, 7) is 1.07. The van der Waals surface area contributed by atoms with Gasteiger partial charge in [0.25, 0.3) is 0 Å². The van der Waals surface area contributed by atoms with Crippen LogP contribution in [-0.2, 0) is 6.54 Å². The molecule has 2 heterocycles. The molecular formula is C16H18N4O2. The van der Waals surface area contributed by atoms with Gasteiger partial charge in [0.05, 0.1) is 31.3 Å². The number of imidazole rings is 1. The zero-order valence-corrected chi connectivity index (χ0v) is 12.3. The molecular weight excluding hydrogens is 280 g/mol. The highest BCUT2D eigenvalue weighted by Crippen LogP contribution is 2.18. The highest BCUT2D eigenvalue weighted by molar-refractivity contribution is 5.36. The van der Waals surface area contributed by atoms with Crippen LogP contribution in [-0.4, -0.2) is 33.1 Å². The first-order valence-electron chi connectivity index (χ1n) is 7.06. The lowest BCUT2D eigenvalue weighted by Crippen LogP contribution is -2.21. The Labute approximate surface area is 128 Å². The minimum atomic E-state index is -0.587. The molecule has 0 bridgehead atoms. The molecule has 2 aromatic heterocycles. The molecule has 22 heavy (non-hydrogen) atoms. The van der Waals surface area contributed by atoms with Gasteiger partial charge in [0.15, 0.2) is 5.65 Å². The van der Waals surface area contributed by atoms with Crippen molar-refractivity contribution in [2.45, 2.75) is 12.6 Å². The normalized spacial score (nSPS) is 12.5. The summed E-state index contributed by atoms with van der Waals surface area (Å²) >= 11 is 0. The van der Waals surface area contributed by atoms with E-state index in [1.165, 1.54) is 0 Å². The van der Waals surface area contributed by atoms with Crippen molar-refractivity contribution in [2.75, 3.05) is 13.7 Å². The predicted octanol–water partition coefficient (Wildman–Crippen LogP) is 1.56. The van der Waals surface area contributed by atoms with Crippen LogP contribution in [0.4, 0.5) is 0 Å². The Morgan fingerprint density at radius 3 is 3.14 bits per heavy atom. The van der Waals surface area contributed by atoms with Crippen LogP contribution in [0.1, 0.15) is 17.4 Å². The Hall–Kier alpha value is -2.44. The molecule has 114 valence electrons. The molecule has 3 rings (SSSR count). The summed E-state index contributed by atoms with van der Waals surface area (Å²) in [7, 11) is 1.61. The van der Waals surface area contributed by atoms with E-state index in [-0.39, 0.29) is 0 Å². The van der Waals surface area contributed by atoms with E-state index in [1.807, 2.05) is 41.1 Å². The fourth-order valence-corrected chi connectivity index (χ4v) is 2.33. The molecule has 3 aromatic rings. The Kier molecular flexibility index (Phi) is 4.32. The van der Waals surface area contributed by atoms with Gasteiger partial charge in [0, 0.05) is 25.5 Å². The quantitative estimate of drug-likeness (QED) is 0.722. The molecule has 1 aromatic carbocycles. The van der Waals surface area contributed by atoms with Crippen LogP contribution < -0.4 is 10.1 Å². The third kappa shape index (κ3) is 3.08. The molecule has 0 saturated carbocycles. The summed E-state index contributed by atoms with van der Waals surface area (Å²) in [4.78, 5) is 8.31. The number of hydrogen-bond donors (Lipinski definition) is 2. The van der Waals surface area contributed by atoms with Crippen molar-refractivity contribution in [1.29, 1.82) is 0 Å². The molecule has 0 aliphatic rings. The number of nitrogens with zero attached hydrogens (tertiary/aromatic N) is 3. The van der Waals surface area contributed by atoms with Gasteiger partial charge in [-0.05, 0) is 17.7 Å². The smallest absolute Gasteiger partial charge is 0.155 e. The number of aliphatic hydroxyl groups is 1. The number of ether oxygens (including phenoxy) is 1. The minimum absolute atomic E-state index is 0.450. The second-order valence-corrected chi connectivity index (χ2v) is 4.98. The zero-order chi connectivity index (χ0) is 15.4. The van der Waals surface area contributed by atoms with Gasteiger partial charge in [-0.2, -0.15) is 0 Å². The third-order valence-electron chi connectivity index (χ3n) is 3.52. The van der Waals surface area contributed by atoms with Gasteiger partial charge in [0.2, 0.25) is 0 Å². The average Bonchev–Trinajstić information content (AvgIpc) is 2.98. The number of nitrogens with one attached hydrogen (secondary N) is 1. The molecule has 6 nitrogen and oxygen atoms in total. The zero-order valence-electron chi connectivity index (χ0n) is 12.3. The van der Waals surface area contributed by atoms with Crippen molar-refractivity contribution < 1.29 is 9.84 Å². The van der Waals surface area contributed by atoms with Crippen LogP contribution in [0.3, 0.4) is 0 Å². The maximum atomic E-state index is 10.2. The second-order valence-electron chi connectivity index (χ2n) is 4.98. The van der Waals surface area contributed by atoms with Gasteiger partial charge in [-0.1, -0.05) is 12.1 Å². The van der Waals surface area contributed by atoms with E-state index >= 15 is 0 Å².